The Balaban J connectivity index is 0.00000137. The van der Waals surface area contributed by atoms with Gasteiger partial charge in [-0.3, -0.25) is 0 Å². The molecule has 602 valence electrons. The maximum atomic E-state index is 12.7. The van der Waals surface area contributed by atoms with E-state index in [9.17, 15) is 37.8 Å². The van der Waals surface area contributed by atoms with Gasteiger partial charge in [-0.05, 0) is 143 Å². The Labute approximate surface area is 664 Å². The molecule has 4 rings (SSSR count). The molecular weight excluding hydrogens is 1450 g/mol. The van der Waals surface area contributed by atoms with Crippen LogP contribution in [-0.2, 0) is 65.0 Å². The standard InChI is InChI=1S/4C23H41O2P.Mo/c4*1-4-7-9-10-11-12-13-15-22-16-18-23(19-17-22)26(24,25)20-21(6-3)14-8-5-2;/h4*16-19,21H,4-15,20H2,1-3H3,(H,24,25);/q;;;;+4/p-4. The second-order valence-electron chi connectivity index (χ2n) is 31.2. The summed E-state index contributed by atoms with van der Waals surface area (Å²) in [6, 6.07) is 30.8. The molecule has 0 bridgehead atoms. The maximum absolute atomic E-state index is 12.7. The minimum atomic E-state index is -3.48. The summed E-state index contributed by atoms with van der Waals surface area (Å²) in [5.41, 5.74) is 5.06. The van der Waals surface area contributed by atoms with E-state index in [2.05, 4.69) is 83.1 Å². The Hall–Kier alpha value is -1.67. The van der Waals surface area contributed by atoms with Crippen molar-refractivity contribution < 1.29 is 58.9 Å². The van der Waals surface area contributed by atoms with Crippen LogP contribution in [0.2, 0.25) is 0 Å². The van der Waals surface area contributed by atoms with Gasteiger partial charge in [-0.25, -0.2) is 0 Å². The van der Waals surface area contributed by atoms with Crippen LogP contribution in [-0.4, -0.2) is 24.6 Å². The third-order valence-corrected chi connectivity index (χ3v) is 30.1. The average molecular weight is 1610 g/mol. The monoisotopic (exact) mass is 1620 g/mol. The summed E-state index contributed by atoms with van der Waals surface area (Å²) >= 11 is 0. The molecule has 8 nitrogen and oxygen atoms in total. The van der Waals surface area contributed by atoms with Crippen LogP contribution in [0.1, 0.15) is 388 Å². The van der Waals surface area contributed by atoms with Gasteiger partial charge in [0.2, 0.25) is 0 Å². The first-order valence-electron chi connectivity index (χ1n) is 43.7. The summed E-state index contributed by atoms with van der Waals surface area (Å²) in [7, 11) is -13.9. The molecule has 0 radical (unpaired) electrons. The number of benzene rings is 4. The van der Waals surface area contributed by atoms with Crippen molar-refractivity contribution in [1.29, 1.82) is 0 Å². The Morgan fingerprint density at radius 3 is 0.505 bits per heavy atom. The van der Waals surface area contributed by atoms with Crippen LogP contribution in [0.25, 0.3) is 0 Å². The van der Waals surface area contributed by atoms with E-state index in [4.69, 9.17) is 0 Å². The molecule has 0 saturated heterocycles. The van der Waals surface area contributed by atoms with Gasteiger partial charge in [-0.15, -0.1) is 0 Å². The molecule has 8 atom stereocenters. The van der Waals surface area contributed by atoms with Crippen LogP contribution in [0.4, 0.5) is 0 Å². The van der Waals surface area contributed by atoms with E-state index >= 15 is 0 Å². The van der Waals surface area contributed by atoms with Crippen LogP contribution in [0.5, 0.6) is 0 Å². The van der Waals surface area contributed by atoms with E-state index < -0.39 is 29.5 Å². The zero-order chi connectivity index (χ0) is 77.0. The molecule has 0 aromatic heterocycles. The molecule has 0 fully saturated rings. The second kappa shape index (κ2) is 65.8. The largest absolute Gasteiger partial charge is 4.00 e. The fraction of sp³-hybridized carbons (Fsp3) is 0.739. The van der Waals surface area contributed by atoms with Gasteiger partial charge in [0.25, 0.3) is 0 Å². The molecular formula is C92H160MoO8P4. The molecule has 0 N–H and O–H groups in total. The Kier molecular flexibility index (Phi) is 64.8. The zero-order valence-electron chi connectivity index (χ0n) is 69.8. The van der Waals surface area contributed by atoms with Gasteiger partial charge in [0.15, 0.2) is 0 Å². The fourth-order valence-corrected chi connectivity index (χ4v) is 21.9. The molecule has 0 aliphatic rings. The predicted octanol–water partition coefficient (Wildman–Crippen LogP) is 25.8. The van der Waals surface area contributed by atoms with Gasteiger partial charge in [0.1, 0.15) is 0 Å². The van der Waals surface area contributed by atoms with Crippen LogP contribution in [0.3, 0.4) is 0 Å². The van der Waals surface area contributed by atoms with Crippen molar-refractivity contribution in [1.82, 2.24) is 0 Å². The maximum Gasteiger partial charge on any atom is 4.00 e. The van der Waals surface area contributed by atoms with E-state index in [1.165, 1.54) is 202 Å². The average Bonchev–Trinajstić information content (AvgIpc) is 0.862. The van der Waals surface area contributed by atoms with E-state index in [-0.39, 0.29) is 21.1 Å². The SMILES string of the molecule is CCCCCCCCCc1ccc(P(=O)([O-])CC(CC)CCCC)cc1.CCCCCCCCCc1ccc(P(=O)([O-])CC(CC)CCCC)cc1.CCCCCCCCCc1ccc(P(=O)([O-])CC(CC)CCCC)cc1.CCCCCCCCCc1ccc(P(=O)([O-])CC(CC)CCCC)cc1.[Mo+4]. The first-order valence-corrected chi connectivity index (χ1v) is 50.9. The molecule has 0 spiro atoms. The van der Waals surface area contributed by atoms with Gasteiger partial charge in [0.05, 0.1) is 0 Å². The zero-order valence-corrected chi connectivity index (χ0v) is 75.4. The van der Waals surface area contributed by atoms with Crippen LogP contribution in [0, 0.1) is 23.7 Å². The van der Waals surface area contributed by atoms with Crippen molar-refractivity contribution in [3.8, 4) is 0 Å². The number of rotatable bonds is 60. The minimum Gasteiger partial charge on any atom is -0.796 e. The summed E-state index contributed by atoms with van der Waals surface area (Å²) in [5.74, 6) is 1.19. The molecule has 0 amide bonds. The van der Waals surface area contributed by atoms with Crippen LogP contribution >= 0.6 is 29.5 Å². The van der Waals surface area contributed by atoms with Crippen molar-refractivity contribution in [2.45, 2.75) is 391 Å². The number of unbranched alkanes of at least 4 members (excludes halogenated alkanes) is 28. The Morgan fingerprint density at radius 1 is 0.219 bits per heavy atom. The molecule has 0 heterocycles. The molecule has 0 saturated carbocycles. The molecule has 13 heteroatoms. The first-order chi connectivity index (χ1) is 50.1. The summed E-state index contributed by atoms with van der Waals surface area (Å²) in [4.78, 5) is 50.8. The van der Waals surface area contributed by atoms with E-state index in [1.54, 1.807) is 0 Å². The predicted molar refractivity (Wildman–Crippen MR) is 454 cm³/mol. The number of hydrogen-bond donors (Lipinski definition) is 0. The molecule has 0 aliphatic carbocycles. The number of hydrogen-bond acceptors (Lipinski definition) is 8. The molecule has 0 aliphatic heterocycles. The van der Waals surface area contributed by atoms with Gasteiger partial charge >= 0.3 is 21.1 Å². The second-order valence-corrected chi connectivity index (χ2v) is 40.2. The minimum absolute atomic E-state index is 0. The smallest absolute Gasteiger partial charge is 0.796 e. The topological polar surface area (TPSA) is 161 Å². The Morgan fingerprint density at radius 2 is 0.362 bits per heavy atom. The van der Waals surface area contributed by atoms with E-state index in [0.717, 1.165) is 128 Å². The normalized spacial score (nSPS) is 14.8. The summed E-state index contributed by atoms with van der Waals surface area (Å²) < 4.78 is 50.8. The van der Waals surface area contributed by atoms with Crippen LogP contribution < -0.4 is 40.8 Å². The van der Waals surface area contributed by atoms with Crippen LogP contribution in [0.15, 0.2) is 97.1 Å². The van der Waals surface area contributed by atoms with E-state index in [0.29, 0.717) is 69.5 Å². The number of aryl methyl sites for hydroxylation is 4. The summed E-state index contributed by atoms with van der Waals surface area (Å²) in [6.07, 6.45) is 59.1. The third-order valence-electron chi connectivity index (χ3n) is 21.8. The molecule has 4 aromatic carbocycles. The molecule has 4 aromatic rings. The van der Waals surface area contributed by atoms with Gasteiger partial charge in [0, 0.05) is 29.5 Å². The first kappa shape index (κ1) is 103. The van der Waals surface area contributed by atoms with Crippen molar-refractivity contribution in [2.75, 3.05) is 24.6 Å². The molecule has 105 heavy (non-hydrogen) atoms. The van der Waals surface area contributed by atoms with Crippen molar-refractivity contribution in [3.05, 3.63) is 119 Å². The third kappa shape index (κ3) is 50.8. The van der Waals surface area contributed by atoms with Crippen molar-refractivity contribution in [3.63, 3.8) is 0 Å². The van der Waals surface area contributed by atoms with Crippen molar-refractivity contribution in [2.24, 2.45) is 23.7 Å². The van der Waals surface area contributed by atoms with E-state index in [1.807, 2.05) is 97.1 Å². The quantitative estimate of drug-likeness (QED) is 0.0240. The summed E-state index contributed by atoms with van der Waals surface area (Å²) in [6.45, 7) is 26.0. The summed E-state index contributed by atoms with van der Waals surface area (Å²) in [5, 5.41) is 2.10. The van der Waals surface area contributed by atoms with Crippen molar-refractivity contribution >= 4 is 50.7 Å². The van der Waals surface area contributed by atoms with Gasteiger partial charge in [-0.2, -0.15) is 0 Å². The fourth-order valence-electron chi connectivity index (χ4n) is 14.2. The van der Waals surface area contributed by atoms with Gasteiger partial charge in [-0.1, -0.05) is 437 Å². The molecule has 8 unspecified atom stereocenters. The Bertz CT molecular complexity index is 2430. The van der Waals surface area contributed by atoms with Gasteiger partial charge < -0.3 is 37.8 Å².